The molecule has 1 aromatic carbocycles. The number of hydrogen-bond donors (Lipinski definition) is 1. The second kappa shape index (κ2) is 5.61. The van der Waals surface area contributed by atoms with Gasteiger partial charge in [0.1, 0.15) is 5.82 Å². The van der Waals surface area contributed by atoms with Crippen LogP contribution in [0.1, 0.15) is 30.8 Å². The van der Waals surface area contributed by atoms with Crippen LogP contribution >= 0.6 is 11.6 Å². The van der Waals surface area contributed by atoms with Gasteiger partial charge in [-0.15, -0.1) is 11.6 Å². The minimum Gasteiger partial charge on any atom is -0.370 e. The van der Waals surface area contributed by atoms with Crippen LogP contribution in [0.15, 0.2) is 18.2 Å². The highest BCUT2D eigenvalue weighted by Crippen LogP contribution is 2.24. The number of rotatable bonds is 5. The predicted octanol–water partition coefficient (Wildman–Crippen LogP) is 2.56. The predicted molar refractivity (Wildman–Crippen MR) is 77.4 cm³/mol. The third-order valence-electron chi connectivity index (χ3n) is 3.17. The first kappa shape index (κ1) is 13.9. The van der Waals surface area contributed by atoms with Crippen LogP contribution in [0.2, 0.25) is 0 Å². The average Bonchev–Trinajstić information content (AvgIpc) is 2.65. The van der Waals surface area contributed by atoms with Crippen LogP contribution in [0.3, 0.4) is 0 Å². The normalized spacial score (nSPS) is 12.8. The highest BCUT2D eigenvalue weighted by molar-refractivity contribution is 6.17. The van der Waals surface area contributed by atoms with E-state index in [4.69, 9.17) is 17.3 Å². The zero-order valence-electron chi connectivity index (χ0n) is 11.2. The van der Waals surface area contributed by atoms with E-state index in [2.05, 4.69) is 9.55 Å². The van der Waals surface area contributed by atoms with Crippen molar-refractivity contribution in [1.82, 2.24) is 9.55 Å². The third kappa shape index (κ3) is 2.89. The number of halogens is 1. The zero-order chi connectivity index (χ0) is 14.0. The lowest BCUT2D eigenvalue weighted by molar-refractivity contribution is -0.118. The summed E-state index contributed by atoms with van der Waals surface area (Å²) in [6, 6.07) is 6.11. The molecule has 2 N–H and O–H groups in total. The summed E-state index contributed by atoms with van der Waals surface area (Å²) < 4.78 is 2.07. The van der Waals surface area contributed by atoms with Crippen LogP contribution in [-0.2, 0) is 11.2 Å². The number of alkyl halides is 1. The topological polar surface area (TPSA) is 60.9 Å². The zero-order valence-corrected chi connectivity index (χ0v) is 11.9. The molecule has 2 rings (SSSR count). The molecule has 0 spiro atoms. The van der Waals surface area contributed by atoms with Crippen molar-refractivity contribution in [2.24, 2.45) is 5.73 Å². The molecule has 0 aliphatic heterocycles. The van der Waals surface area contributed by atoms with Crippen LogP contribution in [0.25, 0.3) is 11.0 Å². The quantitative estimate of drug-likeness (QED) is 0.855. The highest BCUT2D eigenvalue weighted by Gasteiger charge is 2.17. The summed E-state index contributed by atoms with van der Waals surface area (Å²) in [5.41, 5.74) is 8.43. The van der Waals surface area contributed by atoms with Crippen LogP contribution in [0.5, 0.6) is 0 Å². The largest absolute Gasteiger partial charge is 0.370 e. The van der Waals surface area contributed by atoms with Gasteiger partial charge in [-0.25, -0.2) is 4.98 Å². The average molecular weight is 280 g/mol. The molecule has 4 nitrogen and oxygen atoms in total. The maximum absolute atomic E-state index is 11.1. The Hall–Kier alpha value is -1.55. The summed E-state index contributed by atoms with van der Waals surface area (Å²) in [5, 5.41) is 0. The highest BCUT2D eigenvalue weighted by atomic mass is 35.5. The van der Waals surface area contributed by atoms with Gasteiger partial charge in [0.05, 0.1) is 11.0 Å². The van der Waals surface area contributed by atoms with E-state index >= 15 is 0 Å². The second-order valence-electron chi connectivity index (χ2n) is 4.85. The Balaban J connectivity index is 2.54. The minimum atomic E-state index is -0.307. The summed E-state index contributed by atoms with van der Waals surface area (Å²) in [6.07, 6.45) is 0.979. The summed E-state index contributed by atoms with van der Waals surface area (Å²) in [7, 11) is 0. The number of carbonyl (C=O) groups is 1. The molecule has 1 heterocycles. The molecule has 0 aliphatic carbocycles. The molecule has 1 amide bonds. The molecule has 0 aliphatic rings. The Morgan fingerprint density at radius 1 is 1.53 bits per heavy atom. The van der Waals surface area contributed by atoms with Gasteiger partial charge in [0.15, 0.2) is 0 Å². The van der Waals surface area contributed by atoms with Gasteiger partial charge in [0, 0.05) is 24.8 Å². The van der Waals surface area contributed by atoms with Crippen LogP contribution in [0, 0.1) is 6.92 Å². The summed E-state index contributed by atoms with van der Waals surface area (Å²) in [4.78, 5) is 15.7. The SMILES string of the molecule is Cc1ccc2c(c1)nc(CCCl)n2C(C)CC(N)=O. The molecule has 0 saturated heterocycles. The van der Waals surface area contributed by atoms with Crippen molar-refractivity contribution in [3.05, 3.63) is 29.6 Å². The number of nitrogens with zero attached hydrogens (tertiary/aromatic N) is 2. The number of benzene rings is 1. The van der Waals surface area contributed by atoms with Crippen LogP contribution in [0.4, 0.5) is 0 Å². The first-order chi connectivity index (χ1) is 9.02. The smallest absolute Gasteiger partial charge is 0.219 e. The Kier molecular flexibility index (Phi) is 4.10. The first-order valence-electron chi connectivity index (χ1n) is 6.34. The van der Waals surface area contributed by atoms with Gasteiger partial charge in [0.2, 0.25) is 5.91 Å². The van der Waals surface area contributed by atoms with Crippen molar-refractivity contribution >= 4 is 28.5 Å². The fraction of sp³-hybridized carbons (Fsp3) is 0.429. The van der Waals surface area contributed by atoms with Gasteiger partial charge in [-0.2, -0.15) is 0 Å². The van der Waals surface area contributed by atoms with E-state index in [1.807, 2.05) is 32.0 Å². The fourth-order valence-electron chi connectivity index (χ4n) is 2.39. The summed E-state index contributed by atoms with van der Waals surface area (Å²) in [5.74, 6) is 1.11. The minimum absolute atomic E-state index is 0.0107. The molecule has 0 radical (unpaired) electrons. The van der Waals surface area contributed by atoms with E-state index < -0.39 is 0 Å². The van der Waals surface area contributed by atoms with E-state index in [1.165, 1.54) is 0 Å². The van der Waals surface area contributed by atoms with Crippen molar-refractivity contribution in [2.75, 3.05) is 5.88 Å². The fourth-order valence-corrected chi connectivity index (χ4v) is 2.56. The number of carbonyl (C=O) groups excluding carboxylic acids is 1. The van der Waals surface area contributed by atoms with E-state index in [1.54, 1.807) is 0 Å². The van der Waals surface area contributed by atoms with Crippen molar-refractivity contribution in [3.8, 4) is 0 Å². The third-order valence-corrected chi connectivity index (χ3v) is 3.36. The number of hydrogen-bond acceptors (Lipinski definition) is 2. The first-order valence-corrected chi connectivity index (χ1v) is 6.88. The maximum Gasteiger partial charge on any atom is 0.219 e. The van der Waals surface area contributed by atoms with E-state index in [-0.39, 0.29) is 11.9 Å². The number of aromatic nitrogens is 2. The number of nitrogens with two attached hydrogens (primary N) is 1. The molecule has 0 bridgehead atoms. The molecule has 1 unspecified atom stereocenters. The lowest BCUT2D eigenvalue weighted by atomic mass is 10.2. The molecule has 2 aromatic rings. The number of amides is 1. The maximum atomic E-state index is 11.1. The van der Waals surface area contributed by atoms with Gasteiger partial charge < -0.3 is 10.3 Å². The van der Waals surface area contributed by atoms with E-state index in [0.717, 1.165) is 22.4 Å². The summed E-state index contributed by atoms with van der Waals surface area (Å²) >= 11 is 5.83. The van der Waals surface area contributed by atoms with Crippen molar-refractivity contribution in [3.63, 3.8) is 0 Å². The molecular formula is C14H18ClN3O. The molecular weight excluding hydrogens is 262 g/mol. The van der Waals surface area contributed by atoms with Crippen molar-refractivity contribution in [1.29, 1.82) is 0 Å². The Morgan fingerprint density at radius 2 is 2.26 bits per heavy atom. The Morgan fingerprint density at radius 3 is 2.89 bits per heavy atom. The van der Waals surface area contributed by atoms with Crippen molar-refractivity contribution in [2.45, 2.75) is 32.7 Å². The number of imidazole rings is 1. The lowest BCUT2D eigenvalue weighted by Gasteiger charge is -2.16. The second-order valence-corrected chi connectivity index (χ2v) is 5.23. The monoisotopic (exact) mass is 279 g/mol. The van der Waals surface area contributed by atoms with Gasteiger partial charge in [-0.3, -0.25) is 4.79 Å². The van der Waals surface area contributed by atoms with Crippen LogP contribution < -0.4 is 5.73 Å². The molecule has 1 aromatic heterocycles. The number of aryl methyl sites for hydroxylation is 2. The molecule has 0 fully saturated rings. The summed E-state index contributed by atoms with van der Waals surface area (Å²) in [6.45, 7) is 4.01. The van der Waals surface area contributed by atoms with Gasteiger partial charge in [0.25, 0.3) is 0 Å². The standard InChI is InChI=1S/C14H18ClN3O/c1-9-3-4-12-11(7-9)17-14(5-6-15)18(12)10(2)8-13(16)19/h3-4,7,10H,5-6,8H2,1-2H3,(H2,16,19). The van der Waals surface area contributed by atoms with E-state index in [9.17, 15) is 4.79 Å². The molecule has 0 saturated carbocycles. The Labute approximate surface area is 117 Å². The molecule has 19 heavy (non-hydrogen) atoms. The Bertz CT molecular complexity index is 606. The van der Waals surface area contributed by atoms with Gasteiger partial charge >= 0.3 is 0 Å². The van der Waals surface area contributed by atoms with Crippen LogP contribution in [-0.4, -0.2) is 21.3 Å². The van der Waals surface area contributed by atoms with E-state index in [0.29, 0.717) is 18.7 Å². The lowest BCUT2D eigenvalue weighted by Crippen LogP contribution is -2.19. The van der Waals surface area contributed by atoms with Crippen molar-refractivity contribution < 1.29 is 4.79 Å². The van der Waals surface area contributed by atoms with Gasteiger partial charge in [-0.1, -0.05) is 6.07 Å². The number of fused-ring (bicyclic) bond motifs is 1. The molecule has 5 heteroatoms. The molecule has 102 valence electrons. The van der Waals surface area contributed by atoms with Gasteiger partial charge in [-0.05, 0) is 31.5 Å². The number of primary amides is 1. The molecule has 1 atom stereocenters.